The summed E-state index contributed by atoms with van der Waals surface area (Å²) in [4.78, 5) is 0. The first-order valence-electron chi connectivity index (χ1n) is 6.32. The van der Waals surface area contributed by atoms with Crippen molar-refractivity contribution in [1.82, 2.24) is 15.1 Å². The van der Waals surface area contributed by atoms with Gasteiger partial charge in [0.05, 0.1) is 21.5 Å². The highest BCUT2D eigenvalue weighted by atomic mass is 79.9. The molecule has 0 spiro atoms. The van der Waals surface area contributed by atoms with Gasteiger partial charge in [0.25, 0.3) is 0 Å². The van der Waals surface area contributed by atoms with E-state index in [1.807, 2.05) is 32.6 Å². The fourth-order valence-corrected chi connectivity index (χ4v) is 2.76. The first kappa shape index (κ1) is 15.7. The second-order valence-corrected chi connectivity index (χ2v) is 5.84. The third-order valence-electron chi connectivity index (χ3n) is 3.36. The van der Waals surface area contributed by atoms with Gasteiger partial charge in [-0.3, -0.25) is 4.68 Å². The van der Waals surface area contributed by atoms with Crippen LogP contribution >= 0.6 is 15.9 Å². The van der Waals surface area contributed by atoms with E-state index in [0.29, 0.717) is 0 Å². The zero-order valence-electron chi connectivity index (χ0n) is 12.2. The molecule has 1 rings (SSSR count). The van der Waals surface area contributed by atoms with Crippen molar-refractivity contribution in [2.24, 2.45) is 7.05 Å². The highest BCUT2D eigenvalue weighted by molar-refractivity contribution is 9.10. The average Bonchev–Trinajstić information content (AvgIpc) is 2.50. The van der Waals surface area contributed by atoms with Crippen molar-refractivity contribution < 1.29 is 4.74 Å². The molecule has 1 aromatic rings. The second-order valence-electron chi connectivity index (χ2n) is 5.05. The molecule has 5 heteroatoms. The number of likely N-dealkylation sites (N-methyl/N-ethyl adjacent to an activating group) is 1. The highest BCUT2D eigenvalue weighted by Crippen LogP contribution is 2.25. The van der Waals surface area contributed by atoms with Crippen LogP contribution in [0.1, 0.15) is 32.2 Å². The highest BCUT2D eigenvalue weighted by Gasteiger charge is 2.30. The maximum absolute atomic E-state index is 5.83. The first-order chi connectivity index (χ1) is 8.33. The van der Waals surface area contributed by atoms with Gasteiger partial charge in [-0.25, -0.2) is 0 Å². The van der Waals surface area contributed by atoms with Crippen molar-refractivity contribution in [2.75, 3.05) is 13.7 Å². The van der Waals surface area contributed by atoms with Crippen LogP contribution in [-0.2, 0) is 18.2 Å². The van der Waals surface area contributed by atoms with Crippen LogP contribution in [0.2, 0.25) is 0 Å². The van der Waals surface area contributed by atoms with Crippen LogP contribution in [0.25, 0.3) is 0 Å². The fraction of sp³-hybridized carbons (Fsp3) is 0.769. The number of aryl methyl sites for hydroxylation is 2. The Balaban J connectivity index is 2.92. The molecule has 0 aliphatic heterocycles. The number of rotatable bonds is 6. The molecule has 4 nitrogen and oxygen atoms in total. The molecule has 0 radical (unpaired) electrons. The molecule has 0 bridgehead atoms. The van der Waals surface area contributed by atoms with Gasteiger partial charge in [0.15, 0.2) is 0 Å². The van der Waals surface area contributed by atoms with Gasteiger partial charge >= 0.3 is 0 Å². The van der Waals surface area contributed by atoms with E-state index in [4.69, 9.17) is 4.74 Å². The standard InChI is InChI=1S/C13H24BrN3O/c1-7-18-13(3,4)11(15-5)8-10-12(14)9(2)16-17(10)6/h11,15H,7-8H2,1-6H3. The predicted octanol–water partition coefficient (Wildman–Crippen LogP) is 2.44. The quantitative estimate of drug-likeness (QED) is 0.876. The summed E-state index contributed by atoms with van der Waals surface area (Å²) >= 11 is 3.61. The van der Waals surface area contributed by atoms with Crippen LogP contribution in [0.3, 0.4) is 0 Å². The van der Waals surface area contributed by atoms with Gasteiger partial charge in [-0.15, -0.1) is 0 Å². The van der Waals surface area contributed by atoms with Gasteiger partial charge in [0.1, 0.15) is 0 Å². The Labute approximate surface area is 118 Å². The Morgan fingerprint density at radius 1 is 1.50 bits per heavy atom. The minimum absolute atomic E-state index is 0.207. The molecule has 0 amide bonds. The number of nitrogens with one attached hydrogen (secondary N) is 1. The van der Waals surface area contributed by atoms with Crippen molar-refractivity contribution in [3.05, 3.63) is 15.9 Å². The molecule has 0 aliphatic carbocycles. The zero-order valence-corrected chi connectivity index (χ0v) is 13.8. The van der Waals surface area contributed by atoms with E-state index in [-0.39, 0.29) is 11.6 Å². The lowest BCUT2D eigenvalue weighted by molar-refractivity contribution is -0.0367. The minimum atomic E-state index is -0.207. The monoisotopic (exact) mass is 317 g/mol. The topological polar surface area (TPSA) is 39.1 Å². The Morgan fingerprint density at radius 3 is 2.50 bits per heavy atom. The Hall–Kier alpha value is -0.390. The molecule has 0 aromatic carbocycles. The van der Waals surface area contributed by atoms with E-state index >= 15 is 0 Å². The number of nitrogens with zero attached hydrogens (tertiary/aromatic N) is 2. The zero-order chi connectivity index (χ0) is 13.9. The van der Waals surface area contributed by atoms with Gasteiger partial charge in [0.2, 0.25) is 0 Å². The lowest BCUT2D eigenvalue weighted by Crippen LogP contribution is -2.48. The fourth-order valence-electron chi connectivity index (χ4n) is 2.26. The van der Waals surface area contributed by atoms with Crippen molar-refractivity contribution in [3.63, 3.8) is 0 Å². The molecule has 104 valence electrons. The van der Waals surface area contributed by atoms with Gasteiger partial charge in [-0.2, -0.15) is 5.10 Å². The molecule has 18 heavy (non-hydrogen) atoms. The van der Waals surface area contributed by atoms with Crippen molar-refractivity contribution in [1.29, 1.82) is 0 Å². The van der Waals surface area contributed by atoms with Crippen molar-refractivity contribution in [3.8, 4) is 0 Å². The summed E-state index contributed by atoms with van der Waals surface area (Å²) in [6.07, 6.45) is 0.876. The first-order valence-corrected chi connectivity index (χ1v) is 7.12. The van der Waals surface area contributed by atoms with Crippen molar-refractivity contribution >= 4 is 15.9 Å². The Kier molecular flexibility index (Phi) is 5.37. The molecule has 0 saturated heterocycles. The average molecular weight is 318 g/mol. The van der Waals surface area contributed by atoms with Crippen LogP contribution in [0.5, 0.6) is 0 Å². The predicted molar refractivity (Wildman–Crippen MR) is 77.9 cm³/mol. The summed E-state index contributed by atoms with van der Waals surface area (Å²) in [6.45, 7) is 8.99. The maximum Gasteiger partial charge on any atom is 0.0782 e. The van der Waals surface area contributed by atoms with Crippen LogP contribution < -0.4 is 5.32 Å². The van der Waals surface area contributed by atoms with E-state index < -0.39 is 0 Å². The normalized spacial score (nSPS) is 13.9. The van der Waals surface area contributed by atoms with Gasteiger partial charge < -0.3 is 10.1 Å². The molecule has 0 saturated carbocycles. The molecule has 1 heterocycles. The molecule has 0 aliphatic rings. The minimum Gasteiger partial charge on any atom is -0.374 e. The van der Waals surface area contributed by atoms with E-state index in [1.54, 1.807) is 0 Å². The lowest BCUT2D eigenvalue weighted by atomic mass is 9.94. The summed E-state index contributed by atoms with van der Waals surface area (Å²) < 4.78 is 8.86. The smallest absolute Gasteiger partial charge is 0.0782 e. The summed E-state index contributed by atoms with van der Waals surface area (Å²) in [5.41, 5.74) is 2.01. The number of aromatic nitrogens is 2. The molecular weight excluding hydrogens is 294 g/mol. The SMILES string of the molecule is CCOC(C)(C)C(Cc1c(Br)c(C)nn1C)NC. The van der Waals surface area contributed by atoms with Crippen LogP contribution in [-0.4, -0.2) is 35.1 Å². The van der Waals surface area contributed by atoms with Crippen LogP contribution in [0.15, 0.2) is 4.47 Å². The lowest BCUT2D eigenvalue weighted by Gasteiger charge is -2.34. The Bertz CT molecular complexity index is 401. The number of ether oxygens (including phenoxy) is 1. The third-order valence-corrected chi connectivity index (χ3v) is 4.39. The molecule has 0 fully saturated rings. The summed E-state index contributed by atoms with van der Waals surface area (Å²) in [6, 6.07) is 0.239. The van der Waals surface area contributed by atoms with E-state index in [1.165, 1.54) is 5.69 Å². The molecule has 1 aromatic heterocycles. The Morgan fingerprint density at radius 2 is 2.11 bits per heavy atom. The van der Waals surface area contributed by atoms with E-state index in [0.717, 1.165) is 23.2 Å². The summed E-state index contributed by atoms with van der Waals surface area (Å²) in [7, 11) is 3.95. The van der Waals surface area contributed by atoms with E-state index in [9.17, 15) is 0 Å². The maximum atomic E-state index is 5.83. The largest absolute Gasteiger partial charge is 0.374 e. The molecular formula is C13H24BrN3O. The number of halogens is 1. The summed E-state index contributed by atoms with van der Waals surface area (Å²) in [5, 5.41) is 7.78. The number of hydrogen-bond acceptors (Lipinski definition) is 3. The third kappa shape index (κ3) is 3.33. The number of hydrogen-bond donors (Lipinski definition) is 1. The van der Waals surface area contributed by atoms with Crippen LogP contribution in [0.4, 0.5) is 0 Å². The second kappa shape index (κ2) is 6.17. The van der Waals surface area contributed by atoms with Gasteiger partial charge in [-0.05, 0) is 50.7 Å². The van der Waals surface area contributed by atoms with Crippen LogP contribution in [0, 0.1) is 6.92 Å². The summed E-state index contributed by atoms with van der Waals surface area (Å²) in [5.74, 6) is 0. The molecule has 1 unspecified atom stereocenters. The molecule has 1 atom stereocenters. The van der Waals surface area contributed by atoms with Gasteiger partial charge in [0, 0.05) is 26.1 Å². The van der Waals surface area contributed by atoms with Crippen molar-refractivity contribution in [2.45, 2.75) is 45.8 Å². The molecule has 1 N–H and O–H groups in total. The van der Waals surface area contributed by atoms with E-state index in [2.05, 4.69) is 40.2 Å². The van der Waals surface area contributed by atoms with Gasteiger partial charge in [-0.1, -0.05) is 0 Å².